The minimum absolute atomic E-state index is 0.245. The Labute approximate surface area is 98.9 Å². The van der Waals surface area contributed by atoms with Crippen LogP contribution in [0, 0.1) is 0 Å². The minimum atomic E-state index is 0.245. The van der Waals surface area contributed by atoms with E-state index < -0.39 is 0 Å². The van der Waals surface area contributed by atoms with E-state index in [1.165, 1.54) is 0 Å². The lowest BCUT2D eigenvalue weighted by Gasteiger charge is -2.16. The number of methoxy groups -OCH3 is 1. The van der Waals surface area contributed by atoms with Gasteiger partial charge >= 0.3 is 0 Å². The van der Waals surface area contributed by atoms with Crippen LogP contribution in [0.1, 0.15) is 18.5 Å². The zero-order valence-corrected chi connectivity index (χ0v) is 10.8. The first-order chi connectivity index (χ1) is 7.19. The van der Waals surface area contributed by atoms with Crippen molar-refractivity contribution in [3.05, 3.63) is 28.2 Å². The molecule has 0 fully saturated rings. The van der Waals surface area contributed by atoms with Crippen LogP contribution in [0.25, 0.3) is 0 Å². The van der Waals surface area contributed by atoms with Crippen molar-refractivity contribution < 1.29 is 9.47 Å². The Morgan fingerprint density at radius 3 is 2.80 bits per heavy atom. The molecule has 0 saturated heterocycles. The Kier molecular flexibility index (Phi) is 5.08. The quantitative estimate of drug-likeness (QED) is 0.837. The topological polar surface area (TPSA) is 30.5 Å². The minimum Gasteiger partial charge on any atom is -0.467 e. The zero-order valence-electron chi connectivity index (χ0n) is 9.21. The van der Waals surface area contributed by atoms with Crippen molar-refractivity contribution in [2.75, 3.05) is 21.0 Å². The molecule has 0 heterocycles. The van der Waals surface area contributed by atoms with E-state index >= 15 is 0 Å². The van der Waals surface area contributed by atoms with E-state index in [-0.39, 0.29) is 12.8 Å². The molecule has 0 aliphatic carbocycles. The van der Waals surface area contributed by atoms with Crippen molar-refractivity contribution in [1.29, 1.82) is 0 Å². The smallest absolute Gasteiger partial charge is 0.188 e. The van der Waals surface area contributed by atoms with Gasteiger partial charge in [0.1, 0.15) is 5.75 Å². The molecule has 0 aliphatic heterocycles. The van der Waals surface area contributed by atoms with Gasteiger partial charge in [-0.05, 0) is 32.2 Å². The van der Waals surface area contributed by atoms with E-state index in [0.29, 0.717) is 0 Å². The van der Waals surface area contributed by atoms with Gasteiger partial charge in [0.15, 0.2) is 6.79 Å². The summed E-state index contributed by atoms with van der Waals surface area (Å²) in [7, 11) is 3.53. The van der Waals surface area contributed by atoms with Gasteiger partial charge in [0.05, 0.1) is 0 Å². The van der Waals surface area contributed by atoms with Crippen LogP contribution in [0.4, 0.5) is 0 Å². The number of rotatable bonds is 5. The van der Waals surface area contributed by atoms with E-state index in [9.17, 15) is 0 Å². The molecule has 0 saturated carbocycles. The van der Waals surface area contributed by atoms with Gasteiger partial charge in [-0.25, -0.2) is 0 Å². The molecule has 0 radical (unpaired) electrons. The third kappa shape index (κ3) is 3.48. The van der Waals surface area contributed by atoms with E-state index in [2.05, 4.69) is 28.2 Å². The van der Waals surface area contributed by atoms with Crippen molar-refractivity contribution in [3.63, 3.8) is 0 Å². The molecule has 1 atom stereocenters. The molecule has 1 rings (SSSR count). The molecule has 0 amide bonds. The molecule has 4 heteroatoms. The molecule has 0 spiro atoms. The fraction of sp³-hybridized carbons (Fsp3) is 0.455. The molecule has 84 valence electrons. The lowest BCUT2D eigenvalue weighted by Crippen LogP contribution is -2.14. The van der Waals surface area contributed by atoms with Crippen molar-refractivity contribution in [1.82, 2.24) is 5.32 Å². The lowest BCUT2D eigenvalue weighted by molar-refractivity contribution is 0.0501. The third-order valence-electron chi connectivity index (χ3n) is 2.20. The van der Waals surface area contributed by atoms with Crippen LogP contribution in [0.15, 0.2) is 22.7 Å². The Morgan fingerprint density at radius 2 is 2.20 bits per heavy atom. The number of nitrogens with one attached hydrogen (secondary N) is 1. The molecule has 15 heavy (non-hydrogen) atoms. The largest absolute Gasteiger partial charge is 0.467 e. The summed E-state index contributed by atoms with van der Waals surface area (Å²) in [5.41, 5.74) is 1.11. The average molecular weight is 274 g/mol. The first-order valence-electron chi connectivity index (χ1n) is 4.77. The van der Waals surface area contributed by atoms with E-state index in [0.717, 1.165) is 15.8 Å². The standard InChI is InChI=1S/C11H16BrNO2/c1-8(13-2)10-6-9(12)4-5-11(10)15-7-14-3/h4-6,8,13H,7H2,1-3H3. The maximum absolute atomic E-state index is 5.48. The average Bonchev–Trinajstić information content (AvgIpc) is 2.26. The highest BCUT2D eigenvalue weighted by Crippen LogP contribution is 2.28. The van der Waals surface area contributed by atoms with Gasteiger partial charge in [0, 0.05) is 23.2 Å². The predicted molar refractivity (Wildman–Crippen MR) is 64.1 cm³/mol. The third-order valence-corrected chi connectivity index (χ3v) is 2.70. The van der Waals surface area contributed by atoms with Crippen molar-refractivity contribution >= 4 is 15.9 Å². The molecule has 0 aliphatic rings. The van der Waals surface area contributed by atoms with Crippen LogP contribution in [-0.4, -0.2) is 21.0 Å². The summed E-state index contributed by atoms with van der Waals surface area (Å²) >= 11 is 3.45. The van der Waals surface area contributed by atoms with Crippen LogP contribution >= 0.6 is 15.9 Å². The highest BCUT2D eigenvalue weighted by Gasteiger charge is 2.10. The van der Waals surface area contributed by atoms with Gasteiger partial charge in [0.2, 0.25) is 0 Å². The van der Waals surface area contributed by atoms with Gasteiger partial charge in [-0.15, -0.1) is 0 Å². The molecule has 0 aromatic heterocycles. The van der Waals surface area contributed by atoms with Gasteiger partial charge < -0.3 is 14.8 Å². The highest BCUT2D eigenvalue weighted by atomic mass is 79.9. The van der Waals surface area contributed by atoms with Gasteiger partial charge in [-0.3, -0.25) is 0 Å². The van der Waals surface area contributed by atoms with Gasteiger partial charge in [-0.2, -0.15) is 0 Å². The van der Waals surface area contributed by atoms with Crippen molar-refractivity contribution in [3.8, 4) is 5.75 Å². The molecule has 0 bridgehead atoms. The second kappa shape index (κ2) is 6.10. The van der Waals surface area contributed by atoms with Crippen LogP contribution in [0.5, 0.6) is 5.75 Å². The summed E-state index contributed by atoms with van der Waals surface area (Å²) < 4.78 is 11.4. The van der Waals surface area contributed by atoms with Crippen LogP contribution in [0.2, 0.25) is 0 Å². The van der Waals surface area contributed by atoms with Crippen molar-refractivity contribution in [2.24, 2.45) is 0 Å². The van der Waals surface area contributed by atoms with Crippen molar-refractivity contribution in [2.45, 2.75) is 13.0 Å². The van der Waals surface area contributed by atoms with Gasteiger partial charge in [0.25, 0.3) is 0 Å². The number of benzene rings is 1. The summed E-state index contributed by atoms with van der Waals surface area (Å²) in [5.74, 6) is 0.849. The first-order valence-corrected chi connectivity index (χ1v) is 5.56. The molecular weight excluding hydrogens is 258 g/mol. The van der Waals surface area contributed by atoms with Crippen LogP contribution < -0.4 is 10.1 Å². The number of ether oxygens (including phenoxy) is 2. The Hall–Kier alpha value is -0.580. The van der Waals surface area contributed by atoms with Crippen LogP contribution in [0.3, 0.4) is 0 Å². The second-order valence-electron chi connectivity index (χ2n) is 3.24. The molecular formula is C11H16BrNO2. The number of hydrogen-bond acceptors (Lipinski definition) is 3. The summed E-state index contributed by atoms with van der Waals surface area (Å²) in [6.45, 7) is 2.35. The van der Waals surface area contributed by atoms with E-state index in [1.807, 2.05) is 25.2 Å². The summed E-state index contributed by atoms with van der Waals surface area (Å²) in [6, 6.07) is 6.18. The zero-order chi connectivity index (χ0) is 11.3. The summed E-state index contributed by atoms with van der Waals surface area (Å²) in [4.78, 5) is 0. The molecule has 1 unspecified atom stereocenters. The first kappa shape index (κ1) is 12.5. The summed E-state index contributed by atoms with van der Waals surface area (Å²) in [6.07, 6.45) is 0. The normalized spacial score (nSPS) is 12.5. The predicted octanol–water partition coefficient (Wildman–Crippen LogP) is 2.71. The maximum Gasteiger partial charge on any atom is 0.188 e. The number of hydrogen-bond donors (Lipinski definition) is 1. The molecule has 1 aromatic rings. The number of halogens is 1. The second-order valence-corrected chi connectivity index (χ2v) is 4.16. The van der Waals surface area contributed by atoms with E-state index in [1.54, 1.807) is 7.11 Å². The van der Waals surface area contributed by atoms with Gasteiger partial charge in [-0.1, -0.05) is 15.9 Å². The molecule has 1 aromatic carbocycles. The molecule has 1 N–H and O–H groups in total. The maximum atomic E-state index is 5.48. The Morgan fingerprint density at radius 1 is 1.47 bits per heavy atom. The van der Waals surface area contributed by atoms with Crippen LogP contribution in [-0.2, 0) is 4.74 Å². The molecule has 3 nitrogen and oxygen atoms in total. The summed E-state index contributed by atoms with van der Waals surface area (Å²) in [5, 5.41) is 3.18. The lowest BCUT2D eigenvalue weighted by atomic mass is 10.1. The highest BCUT2D eigenvalue weighted by molar-refractivity contribution is 9.10. The fourth-order valence-electron chi connectivity index (χ4n) is 1.27. The SMILES string of the molecule is CNC(C)c1cc(Br)ccc1OCOC. The fourth-order valence-corrected chi connectivity index (χ4v) is 1.65. The monoisotopic (exact) mass is 273 g/mol. The Balaban J connectivity index is 2.92. The Bertz CT molecular complexity index is 317. The van der Waals surface area contributed by atoms with E-state index in [4.69, 9.17) is 9.47 Å².